The fourth-order valence-corrected chi connectivity index (χ4v) is 3.03. The Morgan fingerprint density at radius 3 is 3.04 bits per heavy atom. The van der Waals surface area contributed by atoms with E-state index in [1.54, 1.807) is 30.5 Å². The monoisotopic (exact) mass is 320 g/mol. The SMILES string of the molecule is CC1CCCN(c2ccnc(C(=O)Nc3cccc(C#N)c3)c2)C1. The molecule has 122 valence electrons. The number of rotatable bonds is 3. The first-order chi connectivity index (χ1) is 11.7. The van der Waals surface area contributed by atoms with Crippen molar-refractivity contribution in [2.24, 2.45) is 5.92 Å². The van der Waals surface area contributed by atoms with Crippen LogP contribution in [0.2, 0.25) is 0 Å². The average molecular weight is 320 g/mol. The molecule has 1 aliphatic heterocycles. The molecule has 0 spiro atoms. The number of benzene rings is 1. The molecule has 1 aliphatic rings. The molecule has 1 aromatic carbocycles. The minimum Gasteiger partial charge on any atom is -0.371 e. The third-order valence-corrected chi connectivity index (χ3v) is 4.25. The van der Waals surface area contributed by atoms with Crippen LogP contribution in [-0.2, 0) is 0 Å². The summed E-state index contributed by atoms with van der Waals surface area (Å²) in [5.74, 6) is 0.398. The van der Waals surface area contributed by atoms with Crippen molar-refractivity contribution in [3.8, 4) is 6.07 Å². The Balaban J connectivity index is 1.75. The summed E-state index contributed by atoms with van der Waals surface area (Å²) in [4.78, 5) is 18.9. The summed E-state index contributed by atoms with van der Waals surface area (Å²) in [6.45, 7) is 4.28. The maximum absolute atomic E-state index is 12.4. The average Bonchev–Trinajstić information content (AvgIpc) is 2.62. The number of nitrogens with zero attached hydrogens (tertiary/aromatic N) is 3. The van der Waals surface area contributed by atoms with Gasteiger partial charge in [0.05, 0.1) is 11.6 Å². The lowest BCUT2D eigenvalue weighted by molar-refractivity contribution is 0.102. The Kier molecular flexibility index (Phi) is 4.76. The van der Waals surface area contributed by atoms with Gasteiger partial charge in [-0.05, 0) is 49.1 Å². The fraction of sp³-hybridized carbons (Fsp3) is 0.316. The Labute approximate surface area is 141 Å². The van der Waals surface area contributed by atoms with E-state index in [9.17, 15) is 4.79 Å². The highest BCUT2D eigenvalue weighted by molar-refractivity contribution is 6.03. The van der Waals surface area contributed by atoms with Crippen molar-refractivity contribution in [2.45, 2.75) is 19.8 Å². The first-order valence-electron chi connectivity index (χ1n) is 8.18. The molecule has 5 nitrogen and oxygen atoms in total. The van der Waals surface area contributed by atoms with E-state index in [-0.39, 0.29) is 5.91 Å². The molecule has 1 amide bonds. The number of nitrogens with one attached hydrogen (secondary N) is 1. The second-order valence-electron chi connectivity index (χ2n) is 6.24. The van der Waals surface area contributed by atoms with E-state index in [0.717, 1.165) is 18.8 Å². The summed E-state index contributed by atoms with van der Waals surface area (Å²) >= 11 is 0. The summed E-state index contributed by atoms with van der Waals surface area (Å²) in [6.07, 6.45) is 4.10. The zero-order chi connectivity index (χ0) is 16.9. The second kappa shape index (κ2) is 7.14. The summed E-state index contributed by atoms with van der Waals surface area (Å²) in [5.41, 5.74) is 2.52. The number of carbonyl (C=O) groups is 1. The number of anilines is 2. The first kappa shape index (κ1) is 16.0. The molecule has 0 radical (unpaired) electrons. The minimum atomic E-state index is -0.267. The molecule has 5 heteroatoms. The topological polar surface area (TPSA) is 69.0 Å². The molecule has 0 bridgehead atoms. The van der Waals surface area contributed by atoms with Crippen LogP contribution in [0.15, 0.2) is 42.6 Å². The third kappa shape index (κ3) is 3.72. The van der Waals surface area contributed by atoms with Gasteiger partial charge < -0.3 is 10.2 Å². The highest BCUT2D eigenvalue weighted by atomic mass is 16.1. The van der Waals surface area contributed by atoms with Gasteiger partial charge in [-0.15, -0.1) is 0 Å². The number of amides is 1. The van der Waals surface area contributed by atoms with Crippen molar-refractivity contribution in [3.05, 3.63) is 53.9 Å². The number of pyridine rings is 1. The molecule has 24 heavy (non-hydrogen) atoms. The number of aromatic nitrogens is 1. The van der Waals surface area contributed by atoms with Crippen LogP contribution < -0.4 is 10.2 Å². The van der Waals surface area contributed by atoms with Crippen molar-refractivity contribution in [1.82, 2.24) is 4.98 Å². The van der Waals surface area contributed by atoms with Gasteiger partial charge in [0.15, 0.2) is 0 Å². The van der Waals surface area contributed by atoms with Crippen molar-refractivity contribution < 1.29 is 4.79 Å². The number of nitriles is 1. The Hall–Kier alpha value is -2.87. The Morgan fingerprint density at radius 1 is 1.38 bits per heavy atom. The van der Waals surface area contributed by atoms with Crippen LogP contribution in [0.1, 0.15) is 35.8 Å². The van der Waals surface area contributed by atoms with Gasteiger partial charge in [-0.1, -0.05) is 13.0 Å². The first-order valence-corrected chi connectivity index (χ1v) is 8.18. The van der Waals surface area contributed by atoms with Gasteiger partial charge in [0.1, 0.15) is 5.69 Å². The van der Waals surface area contributed by atoms with Crippen LogP contribution >= 0.6 is 0 Å². The lowest BCUT2D eigenvalue weighted by Gasteiger charge is -2.32. The van der Waals surface area contributed by atoms with Gasteiger partial charge in [-0.2, -0.15) is 5.26 Å². The van der Waals surface area contributed by atoms with E-state index >= 15 is 0 Å². The molecule has 2 aromatic rings. The normalized spacial score (nSPS) is 17.2. The fourth-order valence-electron chi connectivity index (χ4n) is 3.03. The number of hydrogen-bond donors (Lipinski definition) is 1. The zero-order valence-corrected chi connectivity index (χ0v) is 13.7. The molecule has 1 saturated heterocycles. The van der Waals surface area contributed by atoms with Crippen LogP contribution in [0.3, 0.4) is 0 Å². The van der Waals surface area contributed by atoms with E-state index in [2.05, 4.69) is 28.2 Å². The van der Waals surface area contributed by atoms with Crippen molar-refractivity contribution in [2.75, 3.05) is 23.3 Å². The van der Waals surface area contributed by atoms with E-state index in [1.807, 2.05) is 12.1 Å². The summed E-state index contributed by atoms with van der Waals surface area (Å²) in [5, 5.41) is 11.7. The van der Waals surface area contributed by atoms with Gasteiger partial charge in [0.2, 0.25) is 0 Å². The summed E-state index contributed by atoms with van der Waals surface area (Å²) < 4.78 is 0. The molecule has 0 saturated carbocycles. The molecule has 0 aliphatic carbocycles. The molecule has 1 unspecified atom stereocenters. The number of carbonyl (C=O) groups excluding carboxylic acids is 1. The van der Waals surface area contributed by atoms with E-state index < -0.39 is 0 Å². The van der Waals surface area contributed by atoms with Crippen molar-refractivity contribution in [1.29, 1.82) is 5.26 Å². The molecular formula is C19H20N4O. The molecule has 3 rings (SSSR count). The zero-order valence-electron chi connectivity index (χ0n) is 13.7. The Morgan fingerprint density at radius 2 is 2.25 bits per heavy atom. The molecule has 1 N–H and O–H groups in total. The van der Waals surface area contributed by atoms with E-state index in [1.165, 1.54) is 12.8 Å². The second-order valence-corrected chi connectivity index (χ2v) is 6.24. The lowest BCUT2D eigenvalue weighted by Crippen LogP contribution is -2.34. The quantitative estimate of drug-likeness (QED) is 0.940. The van der Waals surface area contributed by atoms with Gasteiger partial charge >= 0.3 is 0 Å². The van der Waals surface area contributed by atoms with Crippen molar-refractivity contribution >= 4 is 17.3 Å². The molecule has 1 aromatic heterocycles. The molecule has 2 heterocycles. The number of piperidine rings is 1. The summed E-state index contributed by atoms with van der Waals surface area (Å²) in [6, 6.07) is 12.7. The third-order valence-electron chi connectivity index (χ3n) is 4.25. The maximum atomic E-state index is 12.4. The number of hydrogen-bond acceptors (Lipinski definition) is 4. The van der Waals surface area contributed by atoms with Gasteiger partial charge in [0.25, 0.3) is 5.91 Å². The van der Waals surface area contributed by atoms with E-state index in [0.29, 0.717) is 22.9 Å². The van der Waals surface area contributed by atoms with Crippen LogP contribution in [-0.4, -0.2) is 24.0 Å². The predicted octanol–water partition coefficient (Wildman–Crippen LogP) is 3.44. The van der Waals surface area contributed by atoms with Gasteiger partial charge in [0, 0.05) is 30.7 Å². The highest BCUT2D eigenvalue weighted by Gasteiger charge is 2.18. The van der Waals surface area contributed by atoms with E-state index in [4.69, 9.17) is 5.26 Å². The maximum Gasteiger partial charge on any atom is 0.274 e. The van der Waals surface area contributed by atoms with Crippen LogP contribution in [0.4, 0.5) is 11.4 Å². The largest absolute Gasteiger partial charge is 0.371 e. The molecule has 1 atom stereocenters. The van der Waals surface area contributed by atoms with Crippen molar-refractivity contribution in [3.63, 3.8) is 0 Å². The molecule has 1 fully saturated rings. The van der Waals surface area contributed by atoms with Crippen LogP contribution in [0.25, 0.3) is 0 Å². The van der Waals surface area contributed by atoms with Gasteiger partial charge in [-0.3, -0.25) is 9.78 Å². The summed E-state index contributed by atoms with van der Waals surface area (Å²) in [7, 11) is 0. The predicted molar refractivity (Wildman–Crippen MR) is 94.0 cm³/mol. The minimum absolute atomic E-state index is 0.267. The lowest BCUT2D eigenvalue weighted by atomic mass is 10.00. The van der Waals surface area contributed by atoms with Crippen LogP contribution in [0, 0.1) is 17.2 Å². The smallest absolute Gasteiger partial charge is 0.274 e. The standard InChI is InChI=1S/C19H20N4O/c1-14-4-3-9-23(13-14)17-7-8-21-18(11-17)19(24)22-16-6-2-5-15(10-16)12-20/h2,5-8,10-11,14H,3-4,9,13H2,1H3,(H,22,24). The van der Waals surface area contributed by atoms with Crippen LogP contribution in [0.5, 0.6) is 0 Å². The highest BCUT2D eigenvalue weighted by Crippen LogP contribution is 2.23. The van der Waals surface area contributed by atoms with Gasteiger partial charge in [-0.25, -0.2) is 0 Å². The Bertz CT molecular complexity index is 781. The molecular weight excluding hydrogens is 300 g/mol.